The summed E-state index contributed by atoms with van der Waals surface area (Å²) in [5, 5.41) is 8.77. The fourth-order valence-electron chi connectivity index (χ4n) is 0.894. The highest BCUT2D eigenvalue weighted by molar-refractivity contribution is 6.17. The Morgan fingerprint density at radius 2 is 2.30 bits per heavy atom. The summed E-state index contributed by atoms with van der Waals surface area (Å²) in [7, 11) is 5.70. The normalized spacial score (nSPS) is 39.5. The van der Waals surface area contributed by atoms with Crippen LogP contribution in [-0.4, -0.2) is 19.1 Å². The first kappa shape index (κ1) is 7.61. The van der Waals surface area contributed by atoms with Crippen molar-refractivity contribution in [3.8, 4) is 0 Å². The van der Waals surface area contributed by atoms with E-state index in [0.717, 1.165) is 5.57 Å². The first-order valence-corrected chi connectivity index (χ1v) is 3.37. The Hall–Kier alpha value is -0.495. The van der Waals surface area contributed by atoms with Crippen LogP contribution in [0.4, 0.5) is 0 Å². The molecule has 10 heavy (non-hydrogen) atoms. The van der Waals surface area contributed by atoms with Crippen molar-refractivity contribution in [1.29, 1.82) is 0 Å². The topological polar surface area (TPSA) is 20.2 Å². The fraction of sp³-hybridized carbons (Fsp3) is 0.500. The van der Waals surface area contributed by atoms with Gasteiger partial charge in [-0.25, -0.2) is 0 Å². The minimum absolute atomic E-state index is 0.544. The molecule has 0 saturated heterocycles. The zero-order chi connectivity index (χ0) is 7.78. The summed E-state index contributed by atoms with van der Waals surface area (Å²) in [6, 6.07) is 0. The molecule has 2 radical (unpaired) electrons. The number of aliphatic hydroxyl groups is 1. The van der Waals surface area contributed by atoms with Crippen molar-refractivity contribution in [2.45, 2.75) is 25.3 Å². The second-order valence-electron chi connectivity index (χ2n) is 3.05. The van der Waals surface area contributed by atoms with E-state index in [2.05, 4.69) is 0 Å². The predicted molar refractivity (Wildman–Crippen MR) is 43.0 cm³/mol. The predicted octanol–water partition coefficient (Wildman–Crippen LogP) is 1.21. The van der Waals surface area contributed by atoms with Gasteiger partial charge in [-0.15, -0.1) is 0 Å². The van der Waals surface area contributed by atoms with Gasteiger partial charge in [0.25, 0.3) is 0 Å². The summed E-state index contributed by atoms with van der Waals surface area (Å²) in [4.78, 5) is 0. The van der Waals surface area contributed by atoms with E-state index < -0.39 is 11.4 Å². The minimum Gasteiger partial charge on any atom is -0.389 e. The molecule has 1 nitrogen and oxygen atoms in total. The molecule has 2 heteroatoms. The van der Waals surface area contributed by atoms with E-state index in [4.69, 9.17) is 7.85 Å². The molecule has 0 fully saturated rings. The van der Waals surface area contributed by atoms with E-state index in [1.54, 1.807) is 13.0 Å². The van der Waals surface area contributed by atoms with Gasteiger partial charge in [-0.1, -0.05) is 30.7 Å². The number of aliphatic hydroxyl groups excluding tert-OH is 1. The molecule has 0 saturated carbocycles. The van der Waals surface area contributed by atoms with Crippen LogP contribution in [0, 0.1) is 0 Å². The van der Waals surface area contributed by atoms with Crippen molar-refractivity contribution >= 4 is 7.85 Å². The third kappa shape index (κ3) is 1.32. The maximum Gasteiger partial charge on any atom is 0.0838 e. The zero-order valence-corrected chi connectivity index (χ0v) is 6.33. The van der Waals surface area contributed by atoms with Gasteiger partial charge in [0.1, 0.15) is 0 Å². The van der Waals surface area contributed by atoms with Crippen LogP contribution >= 0.6 is 0 Å². The van der Waals surface area contributed by atoms with Gasteiger partial charge < -0.3 is 5.11 Å². The molecule has 1 rings (SSSR count). The van der Waals surface area contributed by atoms with Gasteiger partial charge in [0.05, 0.1) is 14.0 Å². The lowest BCUT2D eigenvalue weighted by Crippen LogP contribution is -2.24. The first-order chi connectivity index (χ1) is 4.52. The summed E-state index contributed by atoms with van der Waals surface area (Å²) >= 11 is 0. The lowest BCUT2D eigenvalue weighted by molar-refractivity contribution is 0.191. The number of hydrogen-bond acceptors (Lipinski definition) is 1. The molecular weight excluding hydrogens is 123 g/mol. The van der Waals surface area contributed by atoms with Gasteiger partial charge in [0, 0.05) is 0 Å². The van der Waals surface area contributed by atoms with E-state index in [1.165, 1.54) is 0 Å². The monoisotopic (exact) mass is 134 g/mol. The molecule has 0 heterocycles. The van der Waals surface area contributed by atoms with E-state index in [0.29, 0.717) is 0 Å². The third-order valence-electron chi connectivity index (χ3n) is 1.76. The van der Waals surface area contributed by atoms with Gasteiger partial charge in [-0.2, -0.15) is 0 Å². The molecule has 0 amide bonds. The molecular formula is C8H11BO. The summed E-state index contributed by atoms with van der Waals surface area (Å²) < 4.78 is 0. The fourth-order valence-corrected chi connectivity index (χ4v) is 0.894. The van der Waals surface area contributed by atoms with Gasteiger partial charge >= 0.3 is 0 Å². The van der Waals surface area contributed by atoms with E-state index >= 15 is 0 Å². The van der Waals surface area contributed by atoms with Crippen molar-refractivity contribution in [2.24, 2.45) is 0 Å². The van der Waals surface area contributed by atoms with Crippen molar-refractivity contribution in [1.82, 2.24) is 0 Å². The molecule has 2 atom stereocenters. The Kier molecular flexibility index (Phi) is 1.73. The Labute approximate surface area is 62.9 Å². The Morgan fingerprint density at radius 1 is 1.70 bits per heavy atom. The molecule has 52 valence electrons. The Bertz CT molecular complexity index is 191. The smallest absolute Gasteiger partial charge is 0.0838 e. The average molecular weight is 134 g/mol. The van der Waals surface area contributed by atoms with Crippen LogP contribution in [0.5, 0.6) is 0 Å². The Balaban J connectivity index is 2.84. The molecule has 0 aliphatic heterocycles. The first-order valence-electron chi connectivity index (χ1n) is 3.37. The van der Waals surface area contributed by atoms with E-state index in [9.17, 15) is 5.11 Å². The van der Waals surface area contributed by atoms with Crippen LogP contribution in [0.15, 0.2) is 23.8 Å². The van der Waals surface area contributed by atoms with Crippen LogP contribution in [0.25, 0.3) is 0 Å². The second kappa shape index (κ2) is 2.28. The van der Waals surface area contributed by atoms with Crippen molar-refractivity contribution in [3.05, 3.63) is 23.8 Å². The van der Waals surface area contributed by atoms with E-state index in [-0.39, 0.29) is 0 Å². The summed E-state index contributed by atoms with van der Waals surface area (Å²) in [5.41, 5.74) is 1.07. The quantitative estimate of drug-likeness (QED) is 0.493. The number of rotatable bonds is 0. The SMILES string of the molecule is [B]C1(C)C=CC(C)=CC1O. The van der Waals surface area contributed by atoms with Crippen molar-refractivity contribution in [3.63, 3.8) is 0 Å². The largest absolute Gasteiger partial charge is 0.389 e. The molecule has 1 aliphatic rings. The van der Waals surface area contributed by atoms with Gasteiger partial charge in [-0.05, 0) is 12.2 Å². The highest BCUT2D eigenvalue weighted by Gasteiger charge is 2.24. The summed E-state index contributed by atoms with van der Waals surface area (Å²) in [6.07, 6.45) is 4.97. The lowest BCUT2D eigenvalue weighted by atomic mass is 9.64. The molecule has 2 unspecified atom stereocenters. The molecule has 1 N–H and O–H groups in total. The average Bonchev–Trinajstić information content (AvgIpc) is 1.81. The standard InChI is InChI=1S/C8H11BO/c1-6-3-4-8(2,9)7(10)5-6/h3-5,7,10H,1-2H3. The summed E-state index contributed by atoms with van der Waals surface area (Å²) in [6.45, 7) is 3.74. The van der Waals surface area contributed by atoms with Crippen LogP contribution in [0.2, 0.25) is 5.31 Å². The zero-order valence-electron chi connectivity index (χ0n) is 6.33. The number of hydrogen-bond donors (Lipinski definition) is 1. The molecule has 0 aromatic heterocycles. The third-order valence-corrected chi connectivity index (χ3v) is 1.76. The van der Waals surface area contributed by atoms with Gasteiger partial charge in [0.15, 0.2) is 0 Å². The van der Waals surface area contributed by atoms with Crippen molar-refractivity contribution in [2.75, 3.05) is 0 Å². The maximum atomic E-state index is 9.35. The van der Waals surface area contributed by atoms with E-state index in [1.807, 2.05) is 19.1 Å². The lowest BCUT2D eigenvalue weighted by Gasteiger charge is -2.28. The van der Waals surface area contributed by atoms with Crippen LogP contribution in [0.1, 0.15) is 13.8 Å². The van der Waals surface area contributed by atoms with Gasteiger partial charge in [-0.3, -0.25) is 0 Å². The van der Waals surface area contributed by atoms with Crippen molar-refractivity contribution < 1.29 is 5.11 Å². The highest BCUT2D eigenvalue weighted by Crippen LogP contribution is 2.32. The number of allylic oxidation sites excluding steroid dienone is 2. The van der Waals surface area contributed by atoms with Crippen LogP contribution in [0.3, 0.4) is 0 Å². The van der Waals surface area contributed by atoms with Gasteiger partial charge in [0.2, 0.25) is 0 Å². The molecule has 0 aromatic carbocycles. The summed E-state index contributed by atoms with van der Waals surface area (Å²) in [5.74, 6) is 0. The molecule has 0 spiro atoms. The second-order valence-corrected chi connectivity index (χ2v) is 3.05. The Morgan fingerprint density at radius 3 is 2.70 bits per heavy atom. The maximum absolute atomic E-state index is 9.35. The van der Waals surface area contributed by atoms with Crippen LogP contribution < -0.4 is 0 Å². The highest BCUT2D eigenvalue weighted by atomic mass is 16.3. The van der Waals surface area contributed by atoms with Crippen LogP contribution in [-0.2, 0) is 0 Å². The minimum atomic E-state index is -0.584. The molecule has 1 aliphatic carbocycles. The molecule has 0 aromatic rings. The molecule has 0 bridgehead atoms.